The summed E-state index contributed by atoms with van der Waals surface area (Å²) in [4.78, 5) is 5.56. The van der Waals surface area contributed by atoms with Gasteiger partial charge in [0.25, 0.3) is 0 Å². The second-order valence-electron chi connectivity index (χ2n) is 6.10. The first-order valence-electron chi connectivity index (χ1n) is 7.99. The van der Waals surface area contributed by atoms with Gasteiger partial charge in [-0.3, -0.25) is 0 Å². The number of nitrogens with two attached hydrogens (primary N) is 3. The molecular weight excluding hydrogens is 312 g/mol. The molecule has 3 rings (SSSR count). The normalized spacial score (nSPS) is 10.5. The van der Waals surface area contributed by atoms with E-state index >= 15 is 0 Å². The zero-order chi connectivity index (χ0) is 18.0. The lowest BCUT2D eigenvalue weighted by Crippen LogP contribution is -2.08. The SMILES string of the molecule is Cc1ccc(-c2ccc(NOc3cc(N)c(C)c(N)c3)c(N)c2)cc1. The minimum atomic E-state index is 0.530. The zero-order valence-electron chi connectivity index (χ0n) is 14.3. The second kappa shape index (κ2) is 6.65. The molecule has 0 bridgehead atoms. The van der Waals surface area contributed by atoms with Gasteiger partial charge in [0.05, 0.1) is 11.4 Å². The van der Waals surface area contributed by atoms with Crippen LogP contribution in [0.4, 0.5) is 22.7 Å². The van der Waals surface area contributed by atoms with Crippen LogP contribution in [0, 0.1) is 13.8 Å². The summed E-state index contributed by atoms with van der Waals surface area (Å²) in [7, 11) is 0. The molecular formula is C20H22N4O. The van der Waals surface area contributed by atoms with E-state index in [2.05, 4.69) is 36.7 Å². The van der Waals surface area contributed by atoms with Gasteiger partial charge in [-0.1, -0.05) is 35.9 Å². The summed E-state index contributed by atoms with van der Waals surface area (Å²) in [5.74, 6) is 0.530. The first-order chi connectivity index (χ1) is 11.9. The van der Waals surface area contributed by atoms with Gasteiger partial charge in [-0.15, -0.1) is 0 Å². The van der Waals surface area contributed by atoms with E-state index < -0.39 is 0 Å². The van der Waals surface area contributed by atoms with Crippen LogP contribution in [0.15, 0.2) is 54.6 Å². The number of nitrogens with one attached hydrogen (secondary N) is 1. The molecule has 5 heteroatoms. The van der Waals surface area contributed by atoms with E-state index in [-0.39, 0.29) is 0 Å². The summed E-state index contributed by atoms with van der Waals surface area (Å²) in [6.07, 6.45) is 0. The quantitative estimate of drug-likeness (QED) is 0.425. The third-order valence-corrected chi connectivity index (χ3v) is 4.18. The van der Waals surface area contributed by atoms with Gasteiger partial charge < -0.3 is 22.0 Å². The molecule has 0 spiro atoms. The van der Waals surface area contributed by atoms with Crippen molar-refractivity contribution in [3.8, 4) is 16.9 Å². The Morgan fingerprint density at radius 1 is 0.720 bits per heavy atom. The minimum Gasteiger partial charge on any atom is -0.398 e. The Balaban J connectivity index is 1.76. The molecule has 0 aliphatic rings. The molecule has 0 unspecified atom stereocenters. The average Bonchev–Trinajstić information content (AvgIpc) is 2.59. The van der Waals surface area contributed by atoms with Crippen LogP contribution in [0.5, 0.6) is 5.75 Å². The van der Waals surface area contributed by atoms with Crippen molar-refractivity contribution in [1.29, 1.82) is 0 Å². The lowest BCUT2D eigenvalue weighted by atomic mass is 10.0. The molecule has 0 amide bonds. The van der Waals surface area contributed by atoms with Gasteiger partial charge in [-0.25, -0.2) is 5.48 Å². The lowest BCUT2D eigenvalue weighted by Gasteiger charge is -2.13. The highest BCUT2D eigenvalue weighted by Gasteiger charge is 2.06. The Kier molecular flexibility index (Phi) is 4.39. The molecule has 7 N–H and O–H groups in total. The van der Waals surface area contributed by atoms with E-state index in [1.54, 1.807) is 12.1 Å². The van der Waals surface area contributed by atoms with Crippen molar-refractivity contribution in [3.63, 3.8) is 0 Å². The molecule has 0 aliphatic heterocycles. The Morgan fingerprint density at radius 2 is 1.32 bits per heavy atom. The van der Waals surface area contributed by atoms with E-state index in [1.807, 2.05) is 25.1 Å². The molecule has 3 aromatic rings. The van der Waals surface area contributed by atoms with E-state index in [0.29, 0.717) is 28.5 Å². The lowest BCUT2D eigenvalue weighted by molar-refractivity contribution is 0.406. The summed E-state index contributed by atoms with van der Waals surface area (Å²) in [5, 5.41) is 0. The van der Waals surface area contributed by atoms with Crippen molar-refractivity contribution in [2.24, 2.45) is 0 Å². The Bertz CT molecular complexity index is 881. The molecule has 3 aromatic carbocycles. The summed E-state index contributed by atoms with van der Waals surface area (Å²) in [6, 6.07) is 17.5. The van der Waals surface area contributed by atoms with Gasteiger partial charge in [0.15, 0.2) is 5.75 Å². The fraction of sp³-hybridized carbons (Fsp3) is 0.100. The molecule has 128 valence electrons. The number of benzene rings is 3. The van der Waals surface area contributed by atoms with Crippen molar-refractivity contribution in [2.45, 2.75) is 13.8 Å². The maximum Gasteiger partial charge on any atom is 0.159 e. The molecule has 0 aliphatic carbocycles. The maximum absolute atomic E-state index is 6.14. The monoisotopic (exact) mass is 334 g/mol. The summed E-state index contributed by atoms with van der Waals surface area (Å²) in [6.45, 7) is 3.93. The van der Waals surface area contributed by atoms with E-state index in [0.717, 1.165) is 16.7 Å². The molecule has 0 radical (unpaired) electrons. The summed E-state index contributed by atoms with van der Waals surface area (Å²) < 4.78 is 0. The highest BCUT2D eigenvalue weighted by atomic mass is 16.6. The molecule has 25 heavy (non-hydrogen) atoms. The topological polar surface area (TPSA) is 99.3 Å². The highest BCUT2D eigenvalue weighted by molar-refractivity contribution is 5.75. The number of rotatable bonds is 4. The summed E-state index contributed by atoms with van der Waals surface area (Å²) >= 11 is 0. The van der Waals surface area contributed by atoms with Crippen LogP contribution in [0.25, 0.3) is 11.1 Å². The molecule has 0 saturated carbocycles. The van der Waals surface area contributed by atoms with Crippen molar-refractivity contribution >= 4 is 22.7 Å². The van der Waals surface area contributed by atoms with E-state index in [1.165, 1.54) is 5.56 Å². The first kappa shape index (κ1) is 16.5. The minimum absolute atomic E-state index is 0.530. The molecule has 5 nitrogen and oxygen atoms in total. The number of nitrogen functional groups attached to an aromatic ring is 3. The van der Waals surface area contributed by atoms with Gasteiger partial charge in [-0.2, -0.15) is 0 Å². The fourth-order valence-corrected chi connectivity index (χ4v) is 2.49. The van der Waals surface area contributed by atoms with Gasteiger partial charge in [0.2, 0.25) is 0 Å². The van der Waals surface area contributed by atoms with Gasteiger partial charge in [-0.05, 0) is 42.7 Å². The van der Waals surface area contributed by atoms with Gasteiger partial charge in [0, 0.05) is 23.5 Å². The van der Waals surface area contributed by atoms with Crippen LogP contribution >= 0.6 is 0 Å². The number of anilines is 4. The Hall–Kier alpha value is -3.34. The third-order valence-electron chi connectivity index (χ3n) is 4.18. The van der Waals surface area contributed by atoms with Crippen molar-refractivity contribution in [1.82, 2.24) is 0 Å². The van der Waals surface area contributed by atoms with Crippen molar-refractivity contribution in [2.75, 3.05) is 22.7 Å². The van der Waals surface area contributed by atoms with Crippen LogP contribution in [-0.2, 0) is 0 Å². The highest BCUT2D eigenvalue weighted by Crippen LogP contribution is 2.29. The number of aryl methyl sites for hydroxylation is 1. The largest absolute Gasteiger partial charge is 0.398 e. The first-order valence-corrected chi connectivity index (χ1v) is 7.99. The van der Waals surface area contributed by atoms with E-state index in [4.69, 9.17) is 22.0 Å². The van der Waals surface area contributed by atoms with Crippen LogP contribution in [0.3, 0.4) is 0 Å². The fourth-order valence-electron chi connectivity index (χ4n) is 2.49. The molecule has 0 atom stereocenters. The van der Waals surface area contributed by atoms with Crippen molar-refractivity contribution in [3.05, 3.63) is 65.7 Å². The Morgan fingerprint density at radius 3 is 1.92 bits per heavy atom. The van der Waals surface area contributed by atoms with Crippen LogP contribution in [0.1, 0.15) is 11.1 Å². The second-order valence-corrected chi connectivity index (χ2v) is 6.10. The number of hydrogen-bond donors (Lipinski definition) is 4. The predicted octanol–water partition coefficient (Wildman–Crippen LogP) is 4.12. The molecule has 0 saturated heterocycles. The summed E-state index contributed by atoms with van der Waals surface area (Å²) in [5.41, 5.74) is 27.5. The Labute approximate surface area is 147 Å². The third kappa shape index (κ3) is 3.61. The zero-order valence-corrected chi connectivity index (χ0v) is 14.3. The standard InChI is InChI=1S/C20H22N4O/c1-12-3-5-14(6-4-12)15-7-8-20(19(23)9-15)24-25-16-10-17(21)13(2)18(22)11-16/h3-11,24H,21-23H2,1-2H3. The smallest absolute Gasteiger partial charge is 0.159 e. The van der Waals surface area contributed by atoms with Gasteiger partial charge >= 0.3 is 0 Å². The maximum atomic E-state index is 6.14. The average molecular weight is 334 g/mol. The van der Waals surface area contributed by atoms with Crippen LogP contribution < -0.4 is 27.5 Å². The molecule has 0 fully saturated rings. The molecule has 0 aromatic heterocycles. The molecule has 0 heterocycles. The van der Waals surface area contributed by atoms with Crippen molar-refractivity contribution < 1.29 is 4.84 Å². The van der Waals surface area contributed by atoms with Crippen LogP contribution in [-0.4, -0.2) is 0 Å². The van der Waals surface area contributed by atoms with Gasteiger partial charge in [0.1, 0.15) is 0 Å². The number of hydrogen-bond acceptors (Lipinski definition) is 5. The predicted molar refractivity (Wildman–Crippen MR) is 105 cm³/mol. The van der Waals surface area contributed by atoms with Crippen LogP contribution in [0.2, 0.25) is 0 Å². The van der Waals surface area contributed by atoms with E-state index in [9.17, 15) is 0 Å².